The molecule has 0 unspecified atom stereocenters. The van der Waals surface area contributed by atoms with Crippen LogP contribution in [0.1, 0.15) is 91.0 Å². The van der Waals surface area contributed by atoms with Gasteiger partial charge >= 0.3 is 5.00 Å². The molecule has 0 spiro atoms. The Hall–Kier alpha value is -3.36. The van der Waals surface area contributed by atoms with Gasteiger partial charge in [-0.05, 0) is 29.2 Å². The summed E-state index contributed by atoms with van der Waals surface area (Å²) in [5.74, 6) is 5.46. The minimum atomic E-state index is -0.362. The zero-order chi connectivity index (χ0) is 30.3. The molecule has 3 rings (SSSR count). The summed E-state index contributed by atoms with van der Waals surface area (Å²) in [5.41, 5.74) is 2.06. The third-order valence-corrected chi connectivity index (χ3v) is 8.29. The second-order valence-electron chi connectivity index (χ2n) is 11.9. The number of rotatable bonds is 3. The normalized spacial score (nSPS) is 13.0. The summed E-state index contributed by atoms with van der Waals surface area (Å²) in [7, 11) is 0. The molecule has 0 saturated heterocycles. The highest BCUT2D eigenvalue weighted by Gasteiger charge is 2.27. The molecular weight excluding hydrogens is 538 g/mol. The van der Waals surface area contributed by atoms with Gasteiger partial charge < -0.3 is 0 Å². The number of thiophene rings is 2. The van der Waals surface area contributed by atoms with Gasteiger partial charge in [0.15, 0.2) is 0 Å². The summed E-state index contributed by atoms with van der Waals surface area (Å²) in [6.45, 7) is 19.9. The summed E-state index contributed by atoms with van der Waals surface area (Å²) >= 11 is 2.66. The Kier molecular flexibility index (Phi) is 11.3. The standard InChI is InChI=1S/C11H13NO2S.C9H13NO2.C8H11NO2S/c1-5-6-8-7-9(11(2,3)4)15-10(8)12(13)14;1-9(2,3)7-4-5-8(6-7)10(11)12;1-8(2,3)7-6(9(10)11)4-5-12-7/h7H,1-4H3;4-5H,6H2,1-3H3;4-5H,1-3H3. The quantitative estimate of drug-likeness (QED) is 0.204. The van der Waals surface area contributed by atoms with Gasteiger partial charge in [0.1, 0.15) is 5.56 Å². The molecule has 2 heterocycles. The molecule has 0 radical (unpaired) electrons. The second-order valence-corrected chi connectivity index (χ2v) is 13.8. The Bertz CT molecular complexity index is 1330. The number of hydrogen-bond acceptors (Lipinski definition) is 8. The molecule has 0 N–H and O–H groups in total. The first-order valence-corrected chi connectivity index (χ1v) is 13.9. The van der Waals surface area contributed by atoms with Gasteiger partial charge in [0.05, 0.1) is 26.1 Å². The first-order chi connectivity index (χ1) is 17.7. The van der Waals surface area contributed by atoms with Crippen molar-refractivity contribution in [2.45, 2.75) is 86.5 Å². The summed E-state index contributed by atoms with van der Waals surface area (Å²) in [6, 6.07) is 3.38. The molecule has 0 fully saturated rings. The lowest BCUT2D eigenvalue weighted by Crippen LogP contribution is -2.10. The fraction of sp³-hybridized carbons (Fsp3) is 0.500. The fourth-order valence-corrected chi connectivity index (χ4v) is 5.20. The monoisotopic (exact) mass is 575 g/mol. The van der Waals surface area contributed by atoms with Crippen LogP contribution in [0.25, 0.3) is 0 Å². The van der Waals surface area contributed by atoms with Gasteiger partial charge in [-0.15, -0.1) is 17.3 Å². The van der Waals surface area contributed by atoms with Crippen molar-refractivity contribution in [2.24, 2.45) is 5.41 Å². The molecule has 39 heavy (non-hydrogen) atoms. The summed E-state index contributed by atoms with van der Waals surface area (Å²) < 4.78 is 0. The average molecular weight is 576 g/mol. The van der Waals surface area contributed by atoms with Crippen LogP contribution in [0.15, 0.2) is 40.9 Å². The molecule has 0 amide bonds. The lowest BCUT2D eigenvalue weighted by molar-refractivity contribution is -0.426. The molecule has 9 nitrogen and oxygen atoms in total. The molecule has 212 valence electrons. The van der Waals surface area contributed by atoms with Gasteiger partial charge in [-0.1, -0.05) is 91.2 Å². The van der Waals surface area contributed by atoms with Gasteiger partial charge in [-0.2, -0.15) is 0 Å². The molecular formula is C28H37N3O6S2. The number of allylic oxidation sites excluding steroid dienone is 3. The molecule has 0 atom stereocenters. The van der Waals surface area contributed by atoms with E-state index >= 15 is 0 Å². The first kappa shape index (κ1) is 33.7. The Morgan fingerprint density at radius 2 is 1.41 bits per heavy atom. The highest BCUT2D eigenvalue weighted by atomic mass is 32.1. The Labute approximate surface area is 238 Å². The molecule has 2 aromatic heterocycles. The summed E-state index contributed by atoms with van der Waals surface area (Å²) in [4.78, 5) is 32.5. The minimum Gasteiger partial charge on any atom is -0.259 e. The maximum atomic E-state index is 10.8. The third kappa shape index (κ3) is 10.0. The van der Waals surface area contributed by atoms with Crippen molar-refractivity contribution in [2.75, 3.05) is 0 Å². The number of nitro groups is 3. The maximum Gasteiger partial charge on any atom is 0.339 e. The zero-order valence-corrected chi connectivity index (χ0v) is 25.8. The van der Waals surface area contributed by atoms with Crippen molar-refractivity contribution in [3.8, 4) is 11.8 Å². The van der Waals surface area contributed by atoms with Crippen LogP contribution in [-0.4, -0.2) is 14.8 Å². The van der Waals surface area contributed by atoms with E-state index in [1.54, 1.807) is 24.4 Å². The van der Waals surface area contributed by atoms with Crippen LogP contribution >= 0.6 is 22.7 Å². The van der Waals surface area contributed by atoms with Gasteiger partial charge in [0.2, 0.25) is 5.70 Å². The number of hydrogen-bond donors (Lipinski definition) is 0. The largest absolute Gasteiger partial charge is 0.339 e. The van der Waals surface area contributed by atoms with Crippen molar-refractivity contribution in [3.63, 3.8) is 0 Å². The fourth-order valence-electron chi connectivity index (χ4n) is 3.27. The van der Waals surface area contributed by atoms with Crippen molar-refractivity contribution in [3.05, 3.63) is 86.6 Å². The van der Waals surface area contributed by atoms with E-state index in [-0.39, 0.29) is 41.7 Å². The molecule has 0 aromatic carbocycles. The van der Waals surface area contributed by atoms with Crippen molar-refractivity contribution < 1.29 is 14.8 Å². The van der Waals surface area contributed by atoms with Crippen LogP contribution in [0.4, 0.5) is 10.7 Å². The molecule has 0 bridgehead atoms. The first-order valence-electron chi connectivity index (χ1n) is 12.2. The molecule has 0 saturated carbocycles. The van der Waals surface area contributed by atoms with E-state index in [1.165, 1.54) is 22.7 Å². The smallest absolute Gasteiger partial charge is 0.259 e. The molecule has 2 aromatic rings. The predicted molar refractivity (Wildman–Crippen MR) is 159 cm³/mol. The van der Waals surface area contributed by atoms with E-state index < -0.39 is 0 Å². The van der Waals surface area contributed by atoms with Crippen LogP contribution in [0, 0.1) is 47.6 Å². The lowest BCUT2D eigenvalue weighted by atomic mass is 9.86. The summed E-state index contributed by atoms with van der Waals surface area (Å²) in [5, 5.41) is 33.6. The van der Waals surface area contributed by atoms with E-state index in [9.17, 15) is 30.3 Å². The van der Waals surface area contributed by atoms with Crippen LogP contribution < -0.4 is 0 Å². The van der Waals surface area contributed by atoms with Gasteiger partial charge in [-0.25, -0.2) is 0 Å². The van der Waals surface area contributed by atoms with E-state index in [4.69, 9.17) is 0 Å². The minimum absolute atomic E-state index is 0.0499. The third-order valence-electron chi connectivity index (χ3n) is 5.45. The van der Waals surface area contributed by atoms with Crippen LogP contribution in [-0.2, 0) is 10.8 Å². The second kappa shape index (κ2) is 13.1. The topological polar surface area (TPSA) is 129 Å². The van der Waals surface area contributed by atoms with Crippen molar-refractivity contribution in [1.29, 1.82) is 0 Å². The maximum absolute atomic E-state index is 10.8. The van der Waals surface area contributed by atoms with Gasteiger partial charge in [0.25, 0.3) is 5.69 Å². The molecule has 1 aliphatic carbocycles. The summed E-state index contributed by atoms with van der Waals surface area (Å²) in [6.07, 6.45) is 3.95. The average Bonchev–Trinajstić information content (AvgIpc) is 3.52. The SMILES string of the molecule is CC#Cc1cc(C(C)(C)C)sc1[N+](=O)[O-].CC(C)(C)C1=CC=C([N+](=O)[O-])C1.CC(C)(C)c1sccc1[N+](=O)[O-]. The van der Waals surface area contributed by atoms with E-state index in [2.05, 4.69) is 32.6 Å². The number of nitrogens with zero attached hydrogens (tertiary/aromatic N) is 3. The van der Waals surface area contributed by atoms with Gasteiger partial charge in [0, 0.05) is 22.4 Å². The molecule has 11 heteroatoms. The van der Waals surface area contributed by atoms with Crippen molar-refractivity contribution in [1.82, 2.24) is 0 Å². The van der Waals surface area contributed by atoms with E-state index in [0.29, 0.717) is 17.7 Å². The van der Waals surface area contributed by atoms with Gasteiger partial charge in [-0.3, -0.25) is 30.3 Å². The highest BCUT2D eigenvalue weighted by molar-refractivity contribution is 7.15. The Morgan fingerprint density at radius 3 is 1.74 bits per heavy atom. The Morgan fingerprint density at radius 1 is 0.821 bits per heavy atom. The highest BCUT2D eigenvalue weighted by Crippen LogP contribution is 2.37. The lowest BCUT2D eigenvalue weighted by Gasteiger charge is -2.19. The van der Waals surface area contributed by atoms with E-state index in [0.717, 1.165) is 15.3 Å². The van der Waals surface area contributed by atoms with Crippen LogP contribution in [0.3, 0.4) is 0 Å². The van der Waals surface area contributed by atoms with Crippen LogP contribution in [0.2, 0.25) is 0 Å². The molecule has 0 aliphatic heterocycles. The Balaban J connectivity index is 0.000000295. The van der Waals surface area contributed by atoms with E-state index in [1.807, 2.05) is 53.7 Å². The van der Waals surface area contributed by atoms with Crippen molar-refractivity contribution >= 4 is 33.4 Å². The van der Waals surface area contributed by atoms with Crippen LogP contribution in [0.5, 0.6) is 0 Å². The molecule has 1 aliphatic rings. The zero-order valence-electron chi connectivity index (χ0n) is 24.2. The predicted octanol–water partition coefficient (Wildman–Crippen LogP) is 8.80.